The minimum absolute atomic E-state index is 0.234. The average Bonchev–Trinajstić information content (AvgIpc) is 2.97. The van der Waals surface area contributed by atoms with Crippen LogP contribution in [0.2, 0.25) is 0 Å². The fourth-order valence-electron chi connectivity index (χ4n) is 3.50. The van der Waals surface area contributed by atoms with Gasteiger partial charge in [-0.25, -0.2) is 4.90 Å². The van der Waals surface area contributed by atoms with Gasteiger partial charge in [-0.15, -0.1) is 0 Å². The summed E-state index contributed by atoms with van der Waals surface area (Å²) in [6, 6.07) is 6.55. The third kappa shape index (κ3) is 2.43. The van der Waals surface area contributed by atoms with E-state index >= 15 is 0 Å². The molecule has 0 aromatic heterocycles. The van der Waals surface area contributed by atoms with Crippen LogP contribution in [0.15, 0.2) is 24.3 Å². The van der Waals surface area contributed by atoms with E-state index in [1.54, 1.807) is 31.0 Å². The van der Waals surface area contributed by atoms with Crippen molar-refractivity contribution in [2.75, 3.05) is 25.1 Å². The van der Waals surface area contributed by atoms with Crippen LogP contribution in [0.25, 0.3) is 0 Å². The van der Waals surface area contributed by atoms with Gasteiger partial charge >= 0.3 is 5.97 Å². The van der Waals surface area contributed by atoms with Crippen molar-refractivity contribution < 1.29 is 19.1 Å². The molecule has 1 aromatic carbocycles. The number of amides is 2. The van der Waals surface area contributed by atoms with Crippen molar-refractivity contribution in [1.82, 2.24) is 4.90 Å². The molecule has 2 heterocycles. The zero-order valence-corrected chi connectivity index (χ0v) is 13.5. The quantitative estimate of drug-likeness (QED) is 0.614. The minimum atomic E-state index is -0.688. The number of hydrogen-bond acceptors (Lipinski definition) is 5. The van der Waals surface area contributed by atoms with Crippen molar-refractivity contribution in [2.24, 2.45) is 11.8 Å². The Labute approximate surface area is 135 Å². The molecular weight excluding hydrogens is 296 g/mol. The molecule has 3 atom stereocenters. The number of esters is 1. The molecule has 0 spiro atoms. The normalized spacial score (nSPS) is 27.4. The number of carbonyl (C=O) groups is 3. The lowest BCUT2D eigenvalue weighted by Gasteiger charge is -2.23. The molecule has 0 unspecified atom stereocenters. The fraction of sp³-hybridized carbons (Fsp3) is 0.471. The molecule has 6 nitrogen and oxygen atoms in total. The molecule has 2 fully saturated rings. The predicted molar refractivity (Wildman–Crippen MR) is 83.7 cm³/mol. The maximum absolute atomic E-state index is 12.8. The highest BCUT2D eigenvalue weighted by Crippen LogP contribution is 2.40. The summed E-state index contributed by atoms with van der Waals surface area (Å²) in [6.07, 6.45) is 0. The summed E-state index contributed by atoms with van der Waals surface area (Å²) < 4.78 is 5.08. The number of nitrogens with zero attached hydrogens (tertiary/aromatic N) is 2. The molecule has 23 heavy (non-hydrogen) atoms. The van der Waals surface area contributed by atoms with E-state index in [-0.39, 0.29) is 18.4 Å². The first-order valence-corrected chi connectivity index (χ1v) is 7.77. The highest BCUT2D eigenvalue weighted by Gasteiger charge is 2.59. The van der Waals surface area contributed by atoms with Crippen LogP contribution in [0.5, 0.6) is 0 Å². The summed E-state index contributed by atoms with van der Waals surface area (Å²) in [6.45, 7) is 4.31. The van der Waals surface area contributed by atoms with Crippen LogP contribution in [0.4, 0.5) is 5.69 Å². The Morgan fingerprint density at radius 2 is 1.87 bits per heavy atom. The van der Waals surface area contributed by atoms with Crippen LogP contribution in [0.3, 0.4) is 0 Å². The first-order valence-electron chi connectivity index (χ1n) is 7.77. The van der Waals surface area contributed by atoms with Gasteiger partial charge in [0, 0.05) is 6.54 Å². The molecule has 1 aromatic rings. The van der Waals surface area contributed by atoms with E-state index < -0.39 is 23.8 Å². The summed E-state index contributed by atoms with van der Waals surface area (Å²) in [7, 11) is 1.75. The summed E-state index contributed by atoms with van der Waals surface area (Å²) in [5.41, 5.74) is 1.61. The van der Waals surface area contributed by atoms with Crippen molar-refractivity contribution in [3.05, 3.63) is 29.8 Å². The van der Waals surface area contributed by atoms with Crippen molar-refractivity contribution in [1.29, 1.82) is 0 Å². The van der Waals surface area contributed by atoms with E-state index in [0.29, 0.717) is 12.2 Å². The van der Waals surface area contributed by atoms with Crippen LogP contribution in [-0.2, 0) is 19.1 Å². The second-order valence-electron chi connectivity index (χ2n) is 6.12. The van der Waals surface area contributed by atoms with Crippen LogP contribution >= 0.6 is 0 Å². The van der Waals surface area contributed by atoms with Gasteiger partial charge in [-0.3, -0.25) is 19.3 Å². The Morgan fingerprint density at radius 3 is 2.48 bits per heavy atom. The van der Waals surface area contributed by atoms with Gasteiger partial charge in [-0.2, -0.15) is 0 Å². The van der Waals surface area contributed by atoms with Crippen LogP contribution in [0.1, 0.15) is 12.5 Å². The van der Waals surface area contributed by atoms with Gasteiger partial charge in [0.1, 0.15) is 6.04 Å². The molecule has 0 saturated carbocycles. The van der Waals surface area contributed by atoms with E-state index in [2.05, 4.69) is 0 Å². The Bertz CT molecular complexity index is 655. The number of rotatable bonds is 3. The number of likely N-dealkylation sites (tertiary alicyclic amines) is 1. The predicted octanol–water partition coefficient (Wildman–Crippen LogP) is 0.978. The lowest BCUT2D eigenvalue weighted by atomic mass is 9.93. The van der Waals surface area contributed by atoms with Crippen molar-refractivity contribution >= 4 is 23.5 Å². The van der Waals surface area contributed by atoms with E-state index in [1.807, 2.05) is 19.1 Å². The van der Waals surface area contributed by atoms with E-state index in [0.717, 1.165) is 5.56 Å². The Morgan fingerprint density at radius 1 is 1.22 bits per heavy atom. The number of fused-ring (bicyclic) bond motifs is 1. The molecule has 6 heteroatoms. The maximum atomic E-state index is 12.8. The largest absolute Gasteiger partial charge is 0.465 e. The van der Waals surface area contributed by atoms with E-state index in [1.165, 1.54) is 4.90 Å². The number of carbonyl (C=O) groups excluding carboxylic acids is 3. The number of benzene rings is 1. The first-order chi connectivity index (χ1) is 11.0. The number of anilines is 1. The molecule has 3 rings (SSSR count). The van der Waals surface area contributed by atoms with Gasteiger partial charge in [0.25, 0.3) is 0 Å². The molecule has 0 N–H and O–H groups in total. The molecule has 0 bridgehead atoms. The zero-order valence-electron chi connectivity index (χ0n) is 13.5. The van der Waals surface area contributed by atoms with Crippen molar-refractivity contribution in [2.45, 2.75) is 19.9 Å². The van der Waals surface area contributed by atoms with Gasteiger partial charge in [-0.1, -0.05) is 17.7 Å². The highest BCUT2D eigenvalue weighted by molar-refractivity contribution is 6.23. The van der Waals surface area contributed by atoms with Gasteiger partial charge in [0.15, 0.2) is 0 Å². The van der Waals surface area contributed by atoms with Gasteiger partial charge in [0.2, 0.25) is 11.8 Å². The monoisotopic (exact) mass is 316 g/mol. The number of likely N-dealkylation sites (N-methyl/N-ethyl adjacent to an activating group) is 1. The van der Waals surface area contributed by atoms with Gasteiger partial charge in [0.05, 0.1) is 24.1 Å². The second kappa shape index (κ2) is 5.77. The lowest BCUT2D eigenvalue weighted by Crippen LogP contribution is -2.44. The SMILES string of the molecule is CCOC(=O)[C@@H]1[C@H]2C(=O)N(c3ccc(C)cc3)C(=O)[C@H]2CN1C. The number of hydrogen-bond donors (Lipinski definition) is 0. The Balaban J connectivity index is 1.92. The van der Waals surface area contributed by atoms with Gasteiger partial charge in [-0.05, 0) is 33.0 Å². The molecule has 2 aliphatic rings. The zero-order chi connectivity index (χ0) is 16.7. The van der Waals surface area contributed by atoms with Crippen LogP contribution in [-0.4, -0.2) is 48.9 Å². The lowest BCUT2D eigenvalue weighted by molar-refractivity contribution is -0.151. The third-order valence-electron chi connectivity index (χ3n) is 4.60. The van der Waals surface area contributed by atoms with Crippen LogP contribution in [0, 0.1) is 18.8 Å². The van der Waals surface area contributed by atoms with E-state index in [4.69, 9.17) is 4.74 Å². The van der Waals surface area contributed by atoms with E-state index in [9.17, 15) is 14.4 Å². The minimum Gasteiger partial charge on any atom is -0.465 e. The average molecular weight is 316 g/mol. The number of imide groups is 1. The highest BCUT2D eigenvalue weighted by atomic mass is 16.5. The molecule has 122 valence electrons. The summed E-state index contributed by atoms with van der Waals surface area (Å²) in [4.78, 5) is 40.7. The molecular formula is C17H20N2O4. The van der Waals surface area contributed by atoms with Crippen LogP contribution < -0.4 is 4.90 Å². The summed E-state index contributed by atoms with van der Waals surface area (Å²) >= 11 is 0. The topological polar surface area (TPSA) is 66.9 Å². The number of aryl methyl sites for hydroxylation is 1. The molecule has 0 aliphatic carbocycles. The Hall–Kier alpha value is -2.21. The maximum Gasteiger partial charge on any atom is 0.324 e. The van der Waals surface area contributed by atoms with Gasteiger partial charge < -0.3 is 4.74 Å². The first kappa shape index (κ1) is 15.7. The molecule has 2 amide bonds. The summed E-state index contributed by atoms with van der Waals surface area (Å²) in [5.74, 6) is -2.13. The van der Waals surface area contributed by atoms with Crippen molar-refractivity contribution in [3.63, 3.8) is 0 Å². The fourth-order valence-corrected chi connectivity index (χ4v) is 3.50. The summed E-state index contributed by atoms with van der Waals surface area (Å²) in [5, 5.41) is 0. The third-order valence-corrected chi connectivity index (χ3v) is 4.60. The molecule has 2 aliphatic heterocycles. The standard InChI is InChI=1S/C17H20N2O4/c1-4-23-17(22)14-13-12(9-18(14)3)15(20)19(16(13)21)11-7-5-10(2)6-8-11/h5-8,12-14H,4,9H2,1-3H3/t12-,13-,14-/m0/s1. The Kier molecular flexibility index (Phi) is 3.93. The van der Waals surface area contributed by atoms with Crippen molar-refractivity contribution in [3.8, 4) is 0 Å². The number of ether oxygens (including phenoxy) is 1. The molecule has 2 saturated heterocycles. The smallest absolute Gasteiger partial charge is 0.324 e. The molecule has 0 radical (unpaired) electrons. The second-order valence-corrected chi connectivity index (χ2v) is 6.12.